The Morgan fingerprint density at radius 3 is 2.86 bits per heavy atom. The van der Waals surface area contributed by atoms with Gasteiger partial charge in [0, 0.05) is 29.7 Å². The molecule has 146 valence electrons. The fourth-order valence-electron chi connectivity index (χ4n) is 3.43. The maximum atomic E-state index is 13.6. The molecule has 3 heterocycles. The summed E-state index contributed by atoms with van der Waals surface area (Å²) in [4.78, 5) is 28.1. The number of hydrogen-bond acceptors (Lipinski definition) is 5. The summed E-state index contributed by atoms with van der Waals surface area (Å²) in [5.41, 5.74) is 3.21. The molecule has 1 aromatic carbocycles. The Hall–Kier alpha value is -3.55. The second-order valence-electron chi connectivity index (χ2n) is 7.42. The Morgan fingerprint density at radius 2 is 2.14 bits per heavy atom. The summed E-state index contributed by atoms with van der Waals surface area (Å²) in [5, 5.41) is 10.2. The molecule has 0 unspecified atom stereocenters. The minimum atomic E-state index is -0.387. The molecule has 1 saturated heterocycles. The topological polar surface area (TPSA) is 88.4 Å². The molecule has 1 saturated carbocycles. The number of rotatable bonds is 5. The lowest BCUT2D eigenvalue weighted by Gasteiger charge is -2.10. The Balaban J connectivity index is 1.57. The summed E-state index contributed by atoms with van der Waals surface area (Å²) in [6.07, 6.45) is 6.00. The van der Waals surface area contributed by atoms with Gasteiger partial charge in [0.05, 0.1) is 18.3 Å². The third-order valence-electron chi connectivity index (χ3n) is 4.98. The smallest absolute Gasteiger partial charge is 0.254 e. The lowest BCUT2D eigenvalue weighted by atomic mass is 10.1. The van der Waals surface area contributed by atoms with Crippen molar-refractivity contribution >= 4 is 29.4 Å². The number of carbonyl (C=O) groups excluding carboxylic acids is 2. The van der Waals surface area contributed by atoms with E-state index in [4.69, 9.17) is 4.98 Å². The van der Waals surface area contributed by atoms with Crippen LogP contribution in [0.5, 0.6) is 0 Å². The van der Waals surface area contributed by atoms with Crippen molar-refractivity contribution in [1.82, 2.24) is 19.9 Å². The van der Waals surface area contributed by atoms with Gasteiger partial charge in [-0.05, 0) is 36.6 Å². The molecule has 0 bridgehead atoms. The van der Waals surface area contributed by atoms with Crippen LogP contribution in [0.1, 0.15) is 36.1 Å². The Bertz CT molecular complexity index is 1180. The van der Waals surface area contributed by atoms with Crippen molar-refractivity contribution < 1.29 is 14.0 Å². The summed E-state index contributed by atoms with van der Waals surface area (Å²) in [7, 11) is 0. The lowest BCUT2D eigenvalue weighted by Crippen LogP contribution is -2.19. The van der Waals surface area contributed by atoms with Crippen LogP contribution in [-0.4, -0.2) is 32.5 Å². The zero-order valence-corrected chi connectivity index (χ0v) is 15.5. The molecule has 0 atom stereocenters. The van der Waals surface area contributed by atoms with Crippen LogP contribution in [0.2, 0.25) is 0 Å². The van der Waals surface area contributed by atoms with Crippen molar-refractivity contribution in [2.45, 2.75) is 31.7 Å². The summed E-state index contributed by atoms with van der Waals surface area (Å²) in [6.45, 7) is 0. The highest BCUT2D eigenvalue weighted by atomic mass is 19.1. The second kappa shape index (κ2) is 6.80. The number of fused-ring (bicyclic) bond motifs is 1. The van der Waals surface area contributed by atoms with Gasteiger partial charge in [0.1, 0.15) is 11.6 Å². The lowest BCUT2D eigenvalue weighted by molar-refractivity contribution is -0.124. The predicted octanol–water partition coefficient (Wildman–Crippen LogP) is 2.46. The van der Waals surface area contributed by atoms with E-state index in [9.17, 15) is 14.0 Å². The minimum absolute atomic E-state index is 0.0480. The van der Waals surface area contributed by atoms with Crippen LogP contribution in [-0.2, 0) is 16.0 Å². The number of anilines is 1. The van der Waals surface area contributed by atoms with Gasteiger partial charge in [-0.3, -0.25) is 14.9 Å². The van der Waals surface area contributed by atoms with Crippen LogP contribution >= 0.6 is 0 Å². The van der Waals surface area contributed by atoms with Gasteiger partial charge >= 0.3 is 0 Å². The van der Waals surface area contributed by atoms with Crippen molar-refractivity contribution in [1.29, 1.82) is 0 Å². The normalized spacial score (nSPS) is 17.9. The minimum Gasteiger partial charge on any atom is -0.367 e. The van der Waals surface area contributed by atoms with E-state index in [0.717, 1.165) is 29.9 Å². The molecule has 8 heteroatoms. The molecular formula is C21H18FN5O2. The van der Waals surface area contributed by atoms with Crippen LogP contribution in [0.15, 0.2) is 42.1 Å². The molecule has 2 amide bonds. The maximum Gasteiger partial charge on any atom is 0.254 e. The van der Waals surface area contributed by atoms with Gasteiger partial charge in [-0.1, -0.05) is 12.1 Å². The number of imide groups is 1. The number of amides is 2. The first-order chi connectivity index (χ1) is 14.0. The number of aromatic nitrogens is 3. The third kappa shape index (κ3) is 3.61. The van der Waals surface area contributed by atoms with Crippen molar-refractivity contribution in [2.24, 2.45) is 0 Å². The van der Waals surface area contributed by atoms with Crippen molar-refractivity contribution in [3.63, 3.8) is 0 Å². The summed E-state index contributed by atoms with van der Waals surface area (Å²) in [5.74, 6) is -0.178. The molecule has 2 aromatic heterocycles. The first-order valence-corrected chi connectivity index (χ1v) is 9.48. The Labute approximate surface area is 165 Å². The highest BCUT2D eigenvalue weighted by Crippen LogP contribution is 2.27. The largest absolute Gasteiger partial charge is 0.367 e. The van der Waals surface area contributed by atoms with E-state index >= 15 is 0 Å². The third-order valence-corrected chi connectivity index (χ3v) is 4.98. The van der Waals surface area contributed by atoms with Gasteiger partial charge in [-0.2, -0.15) is 9.61 Å². The number of benzene rings is 1. The van der Waals surface area contributed by atoms with Gasteiger partial charge in [0.2, 0.25) is 5.91 Å². The molecule has 0 spiro atoms. The Morgan fingerprint density at radius 1 is 1.28 bits per heavy atom. The molecule has 2 N–H and O–H groups in total. The average molecular weight is 391 g/mol. The van der Waals surface area contributed by atoms with Crippen molar-refractivity contribution in [3.8, 4) is 0 Å². The van der Waals surface area contributed by atoms with E-state index in [-0.39, 0.29) is 24.1 Å². The van der Waals surface area contributed by atoms with E-state index in [1.54, 1.807) is 22.9 Å². The summed E-state index contributed by atoms with van der Waals surface area (Å²) in [6, 6.07) is 8.77. The van der Waals surface area contributed by atoms with Gasteiger partial charge in [0.15, 0.2) is 5.65 Å². The van der Waals surface area contributed by atoms with Gasteiger partial charge in [-0.15, -0.1) is 0 Å². The number of hydrogen-bond donors (Lipinski definition) is 2. The van der Waals surface area contributed by atoms with Crippen LogP contribution in [0.3, 0.4) is 0 Å². The van der Waals surface area contributed by atoms with Crippen LogP contribution < -0.4 is 10.6 Å². The molecule has 1 aliphatic heterocycles. The highest BCUT2D eigenvalue weighted by molar-refractivity contribution is 6.15. The molecule has 2 aliphatic rings. The monoisotopic (exact) mass is 391 g/mol. The SMILES string of the molecule is O=C1C/C(=C\c2cnn3c(NC4CC4)cc(Cc4cccc(F)c4)nc23)C(=O)N1. The number of nitrogens with zero attached hydrogens (tertiary/aromatic N) is 3. The van der Waals surface area contributed by atoms with Crippen LogP contribution in [0, 0.1) is 5.82 Å². The van der Waals surface area contributed by atoms with Crippen LogP contribution in [0.4, 0.5) is 10.2 Å². The first kappa shape index (κ1) is 17.5. The fourth-order valence-corrected chi connectivity index (χ4v) is 3.43. The summed E-state index contributed by atoms with van der Waals surface area (Å²) >= 11 is 0. The van der Waals surface area contributed by atoms with E-state index in [1.165, 1.54) is 12.1 Å². The van der Waals surface area contributed by atoms with Crippen molar-refractivity contribution in [3.05, 3.63) is 64.7 Å². The highest BCUT2D eigenvalue weighted by Gasteiger charge is 2.25. The molecule has 0 radical (unpaired) electrons. The molecule has 3 aromatic rings. The van der Waals surface area contributed by atoms with E-state index in [1.807, 2.05) is 12.1 Å². The van der Waals surface area contributed by atoms with Gasteiger partial charge in [0.25, 0.3) is 5.91 Å². The fraction of sp³-hybridized carbons (Fsp3) is 0.238. The molecule has 2 fully saturated rings. The van der Waals surface area contributed by atoms with Crippen LogP contribution in [0.25, 0.3) is 11.7 Å². The van der Waals surface area contributed by atoms with Crippen molar-refractivity contribution in [2.75, 3.05) is 5.32 Å². The van der Waals surface area contributed by atoms with E-state index in [2.05, 4.69) is 15.7 Å². The van der Waals surface area contributed by atoms with E-state index < -0.39 is 0 Å². The molecule has 29 heavy (non-hydrogen) atoms. The number of nitrogens with one attached hydrogen (secondary N) is 2. The molecular weight excluding hydrogens is 373 g/mol. The maximum absolute atomic E-state index is 13.6. The zero-order chi connectivity index (χ0) is 20.0. The number of carbonyl (C=O) groups is 2. The average Bonchev–Trinajstić information content (AvgIpc) is 3.31. The second-order valence-corrected chi connectivity index (χ2v) is 7.42. The van der Waals surface area contributed by atoms with Gasteiger partial charge < -0.3 is 5.32 Å². The van der Waals surface area contributed by atoms with Gasteiger partial charge in [-0.25, -0.2) is 9.37 Å². The number of halogens is 1. The molecule has 1 aliphatic carbocycles. The quantitative estimate of drug-likeness (QED) is 0.515. The molecule has 7 nitrogen and oxygen atoms in total. The van der Waals surface area contributed by atoms with E-state index in [0.29, 0.717) is 29.2 Å². The predicted molar refractivity (Wildman–Crippen MR) is 105 cm³/mol. The first-order valence-electron chi connectivity index (χ1n) is 9.48. The Kier molecular flexibility index (Phi) is 4.12. The molecule has 5 rings (SSSR count). The standard InChI is InChI=1S/C21H18FN5O2/c22-15-3-1-2-12(6-15)7-17-10-18(24-16-4-5-16)27-20(25-17)14(11-23-27)8-13-9-19(28)26-21(13)29/h1-3,6,8,10-11,16,24H,4-5,7,9H2,(H,26,28,29)/b13-8+. The summed E-state index contributed by atoms with van der Waals surface area (Å²) < 4.78 is 15.3. The zero-order valence-electron chi connectivity index (χ0n) is 15.5.